The first-order valence-electron chi connectivity index (χ1n) is 5.23. The molecule has 0 saturated heterocycles. The van der Waals surface area contributed by atoms with E-state index in [0.717, 1.165) is 20.1 Å². The van der Waals surface area contributed by atoms with Crippen LogP contribution in [0.4, 0.5) is 0 Å². The number of hydrogen-bond acceptors (Lipinski definition) is 4. The van der Waals surface area contributed by atoms with Crippen LogP contribution < -0.4 is 5.73 Å². The topological polar surface area (TPSA) is 71.8 Å². The Morgan fingerprint density at radius 3 is 2.83 bits per heavy atom. The van der Waals surface area contributed by atoms with Crippen molar-refractivity contribution < 1.29 is 4.79 Å². The third-order valence-electron chi connectivity index (χ3n) is 2.46. The molecule has 3 N–H and O–H groups in total. The zero-order valence-electron chi connectivity index (χ0n) is 9.21. The van der Waals surface area contributed by atoms with Crippen molar-refractivity contribution in [3.05, 3.63) is 41.5 Å². The normalized spacial score (nSPS) is 10.9. The number of benzene rings is 1. The predicted octanol–water partition coefficient (Wildman–Crippen LogP) is 2.87. The number of nitrogens with zero attached hydrogens (tertiary/aromatic N) is 1. The molecule has 18 heavy (non-hydrogen) atoms. The highest BCUT2D eigenvalue weighted by atomic mass is 32.2. The van der Waals surface area contributed by atoms with E-state index in [1.54, 1.807) is 5.51 Å². The van der Waals surface area contributed by atoms with E-state index in [4.69, 9.17) is 5.73 Å². The Morgan fingerprint density at radius 2 is 2.11 bits per heavy atom. The summed E-state index contributed by atoms with van der Waals surface area (Å²) in [6.45, 7) is 0. The van der Waals surface area contributed by atoms with Gasteiger partial charge in [0.2, 0.25) is 0 Å². The molecule has 2 heterocycles. The first kappa shape index (κ1) is 11.3. The maximum atomic E-state index is 11.4. The highest BCUT2D eigenvalue weighted by Gasteiger charge is 2.18. The van der Waals surface area contributed by atoms with Crippen molar-refractivity contribution in [1.82, 2.24) is 9.97 Å². The maximum absolute atomic E-state index is 11.4. The lowest BCUT2D eigenvalue weighted by molar-refractivity contribution is 0.0993. The third kappa shape index (κ3) is 1.89. The summed E-state index contributed by atoms with van der Waals surface area (Å²) >= 11 is 2.96. The molecule has 0 bridgehead atoms. The Bertz CT molecular complexity index is 703. The number of carbonyl (C=O) groups is 1. The molecule has 0 atom stereocenters. The van der Waals surface area contributed by atoms with E-state index in [2.05, 4.69) is 9.97 Å². The molecular formula is C12H9N3OS2. The lowest BCUT2D eigenvalue weighted by atomic mass is 10.4. The number of aromatic amines is 1. The van der Waals surface area contributed by atoms with E-state index in [1.165, 1.54) is 23.1 Å². The summed E-state index contributed by atoms with van der Waals surface area (Å²) in [6.07, 6.45) is 0. The minimum Gasteiger partial charge on any atom is -0.364 e. The van der Waals surface area contributed by atoms with Crippen molar-refractivity contribution in [2.45, 2.75) is 9.79 Å². The number of hydrogen-bond donors (Lipinski definition) is 2. The largest absolute Gasteiger partial charge is 0.364 e. The van der Waals surface area contributed by atoms with Crippen LogP contribution in [0.1, 0.15) is 10.5 Å². The first-order chi connectivity index (χ1) is 8.75. The molecule has 0 saturated carbocycles. The van der Waals surface area contributed by atoms with Crippen LogP contribution in [0.25, 0.3) is 10.3 Å². The number of H-pyrrole nitrogens is 1. The van der Waals surface area contributed by atoms with Gasteiger partial charge in [-0.2, -0.15) is 0 Å². The van der Waals surface area contributed by atoms with E-state index in [9.17, 15) is 4.79 Å². The number of nitrogens with one attached hydrogen (secondary N) is 1. The number of rotatable bonds is 3. The number of carbonyl (C=O) groups excluding carboxylic acids is 1. The highest BCUT2D eigenvalue weighted by molar-refractivity contribution is 7.99. The molecule has 1 aromatic carbocycles. The van der Waals surface area contributed by atoms with Gasteiger partial charge in [0.25, 0.3) is 5.91 Å². The van der Waals surface area contributed by atoms with Crippen molar-refractivity contribution >= 4 is 39.4 Å². The van der Waals surface area contributed by atoms with Crippen molar-refractivity contribution in [2.24, 2.45) is 5.73 Å². The van der Waals surface area contributed by atoms with Crippen molar-refractivity contribution in [2.75, 3.05) is 0 Å². The summed E-state index contributed by atoms with van der Waals surface area (Å²) in [7, 11) is 0. The third-order valence-corrected chi connectivity index (χ3v) is 4.31. The van der Waals surface area contributed by atoms with Crippen molar-refractivity contribution in [1.29, 1.82) is 0 Å². The van der Waals surface area contributed by atoms with Gasteiger partial charge in [0.05, 0.1) is 10.4 Å². The smallest absolute Gasteiger partial charge is 0.266 e. The Morgan fingerprint density at radius 1 is 1.33 bits per heavy atom. The van der Waals surface area contributed by atoms with Gasteiger partial charge in [-0.05, 0) is 12.1 Å². The number of amides is 1. The van der Waals surface area contributed by atoms with Crippen LogP contribution in [0, 0.1) is 0 Å². The highest BCUT2D eigenvalue weighted by Crippen LogP contribution is 2.36. The molecule has 3 aromatic rings. The first-order valence-corrected chi connectivity index (χ1v) is 6.93. The maximum Gasteiger partial charge on any atom is 0.266 e. The van der Waals surface area contributed by atoms with Crippen LogP contribution in [0.5, 0.6) is 0 Å². The summed E-state index contributed by atoms with van der Waals surface area (Å²) < 4.78 is 0. The van der Waals surface area contributed by atoms with Crippen LogP contribution >= 0.6 is 23.1 Å². The number of nitrogens with two attached hydrogens (primary N) is 1. The van der Waals surface area contributed by atoms with Gasteiger partial charge in [-0.25, -0.2) is 4.98 Å². The number of aromatic nitrogens is 2. The van der Waals surface area contributed by atoms with Crippen LogP contribution in [-0.2, 0) is 0 Å². The van der Waals surface area contributed by atoms with Gasteiger partial charge in [0.1, 0.15) is 16.0 Å². The van der Waals surface area contributed by atoms with Gasteiger partial charge >= 0.3 is 0 Å². The van der Waals surface area contributed by atoms with E-state index >= 15 is 0 Å². The molecule has 0 aliphatic carbocycles. The molecule has 3 rings (SSSR count). The van der Waals surface area contributed by atoms with Crippen molar-refractivity contribution in [3.8, 4) is 0 Å². The molecular weight excluding hydrogens is 266 g/mol. The number of fused-ring (bicyclic) bond motifs is 1. The average molecular weight is 275 g/mol. The van der Waals surface area contributed by atoms with Gasteiger partial charge in [-0.15, -0.1) is 11.3 Å². The molecule has 0 aliphatic rings. The standard InChI is InChI=1S/C12H9N3OS2/c13-11(16)8-10(9-12(15-8)17-6-14-9)18-7-4-2-1-3-5-7/h1-6,15H,(H2,13,16). The molecule has 90 valence electrons. The summed E-state index contributed by atoms with van der Waals surface area (Å²) in [5.74, 6) is -0.460. The lowest BCUT2D eigenvalue weighted by Crippen LogP contribution is -2.12. The summed E-state index contributed by atoms with van der Waals surface area (Å²) in [5, 5.41) is 0. The van der Waals surface area contributed by atoms with Crippen LogP contribution in [0.2, 0.25) is 0 Å². The second-order valence-electron chi connectivity index (χ2n) is 3.64. The Labute approximate surface area is 111 Å². The molecule has 0 spiro atoms. The van der Waals surface area contributed by atoms with Crippen molar-refractivity contribution in [3.63, 3.8) is 0 Å². The van der Waals surface area contributed by atoms with E-state index in [0.29, 0.717) is 5.69 Å². The second-order valence-corrected chi connectivity index (χ2v) is 5.58. The predicted molar refractivity (Wildman–Crippen MR) is 73.1 cm³/mol. The van der Waals surface area contributed by atoms with Gasteiger partial charge in [-0.1, -0.05) is 30.0 Å². The minimum absolute atomic E-state index is 0.429. The van der Waals surface area contributed by atoms with Crippen LogP contribution in [0.3, 0.4) is 0 Å². The monoisotopic (exact) mass is 275 g/mol. The summed E-state index contributed by atoms with van der Waals surface area (Å²) in [5.41, 5.74) is 8.37. The Kier molecular flexibility index (Phi) is 2.81. The summed E-state index contributed by atoms with van der Waals surface area (Å²) in [4.78, 5) is 21.5. The molecule has 4 nitrogen and oxygen atoms in total. The van der Waals surface area contributed by atoms with E-state index in [1.807, 2.05) is 30.3 Å². The zero-order valence-corrected chi connectivity index (χ0v) is 10.8. The molecule has 0 aliphatic heterocycles. The Hall–Kier alpha value is -1.79. The van der Waals surface area contributed by atoms with Crippen LogP contribution in [-0.4, -0.2) is 15.9 Å². The molecule has 0 unspecified atom stereocenters. The number of thiazole rings is 1. The fraction of sp³-hybridized carbons (Fsp3) is 0. The second kappa shape index (κ2) is 4.47. The van der Waals surface area contributed by atoms with Gasteiger partial charge in [0.15, 0.2) is 0 Å². The molecule has 1 amide bonds. The molecule has 0 fully saturated rings. The molecule has 2 aromatic heterocycles. The molecule has 6 heteroatoms. The van der Waals surface area contributed by atoms with Crippen LogP contribution in [0.15, 0.2) is 45.6 Å². The van der Waals surface area contributed by atoms with Gasteiger partial charge in [-0.3, -0.25) is 4.79 Å². The fourth-order valence-corrected chi connectivity index (χ4v) is 3.45. The summed E-state index contributed by atoms with van der Waals surface area (Å²) in [6, 6.07) is 9.84. The van der Waals surface area contributed by atoms with E-state index < -0.39 is 5.91 Å². The quantitative estimate of drug-likeness (QED) is 0.772. The SMILES string of the molecule is NC(=O)c1[nH]c2scnc2c1Sc1ccccc1. The fourth-order valence-electron chi connectivity index (χ4n) is 1.66. The lowest BCUT2D eigenvalue weighted by Gasteiger charge is -2.00. The number of primary amides is 1. The minimum atomic E-state index is -0.460. The molecule has 0 radical (unpaired) electrons. The van der Waals surface area contributed by atoms with Gasteiger partial charge in [0, 0.05) is 4.90 Å². The Balaban J connectivity index is 2.11. The van der Waals surface area contributed by atoms with E-state index in [-0.39, 0.29) is 0 Å². The zero-order chi connectivity index (χ0) is 12.5. The van der Waals surface area contributed by atoms with Gasteiger partial charge < -0.3 is 10.7 Å². The average Bonchev–Trinajstić information content (AvgIpc) is 2.93.